The van der Waals surface area contributed by atoms with Gasteiger partial charge in [-0.2, -0.15) is 4.98 Å². The van der Waals surface area contributed by atoms with Crippen LogP contribution in [0.4, 0.5) is 0 Å². The Labute approximate surface area is 87.1 Å². The largest absolute Gasteiger partial charge is 0.481 e. The molecule has 0 fully saturated rings. The van der Waals surface area contributed by atoms with Crippen molar-refractivity contribution in [3.05, 3.63) is 17.5 Å². The summed E-state index contributed by atoms with van der Waals surface area (Å²) in [6.07, 6.45) is 2.93. The number of hydrogen-bond donors (Lipinski definition) is 1. The molecule has 0 bridgehead atoms. The first-order valence-electron chi connectivity index (χ1n) is 4.71. The van der Waals surface area contributed by atoms with Gasteiger partial charge in [-0.25, -0.2) is 4.98 Å². The minimum Gasteiger partial charge on any atom is -0.481 e. The van der Waals surface area contributed by atoms with Crippen molar-refractivity contribution < 1.29 is 14.6 Å². The number of fused-ring (bicyclic) bond motifs is 1. The summed E-state index contributed by atoms with van der Waals surface area (Å²) >= 11 is 0. The predicted octanol–water partition coefficient (Wildman–Crippen LogP) is 0.774. The Morgan fingerprint density at radius 2 is 2.40 bits per heavy atom. The molecule has 0 amide bonds. The number of carbonyl (C=O) groups is 1. The number of aliphatic carboxylic acids is 1. The molecule has 0 aliphatic heterocycles. The normalized spacial score (nSPS) is 23.6. The van der Waals surface area contributed by atoms with E-state index in [9.17, 15) is 9.90 Å². The number of aromatic nitrogens is 2. The van der Waals surface area contributed by atoms with Crippen LogP contribution in [0.15, 0.2) is 6.20 Å². The summed E-state index contributed by atoms with van der Waals surface area (Å²) in [5.41, 5.74) is 0.591. The third-order valence-corrected chi connectivity index (χ3v) is 2.91. The van der Waals surface area contributed by atoms with Gasteiger partial charge in [-0.1, -0.05) is 0 Å². The Kier molecular flexibility index (Phi) is 2.10. The highest BCUT2D eigenvalue weighted by molar-refractivity contribution is 5.81. The van der Waals surface area contributed by atoms with Crippen LogP contribution in [0.5, 0.6) is 6.01 Å². The topological polar surface area (TPSA) is 72.3 Å². The first-order valence-corrected chi connectivity index (χ1v) is 4.71. The summed E-state index contributed by atoms with van der Waals surface area (Å²) in [4.78, 5) is 19.3. The van der Waals surface area contributed by atoms with Gasteiger partial charge in [0, 0.05) is 6.20 Å². The van der Waals surface area contributed by atoms with Crippen molar-refractivity contribution in [2.75, 3.05) is 7.11 Å². The molecular weight excluding hydrogens is 196 g/mol. The molecule has 1 aromatic heterocycles. The van der Waals surface area contributed by atoms with Gasteiger partial charge < -0.3 is 9.84 Å². The molecule has 5 heteroatoms. The molecule has 0 radical (unpaired) electrons. The molecule has 0 saturated heterocycles. The van der Waals surface area contributed by atoms with E-state index >= 15 is 0 Å². The van der Waals surface area contributed by atoms with Crippen molar-refractivity contribution in [2.24, 2.45) is 0 Å². The minimum atomic E-state index is -0.897. The Morgan fingerprint density at radius 1 is 1.67 bits per heavy atom. The number of ether oxygens (including phenoxy) is 1. The SMILES string of the molecule is COc1ncc2c(n1)C(C)(C(=O)O)CC2. The van der Waals surface area contributed by atoms with Gasteiger partial charge in [-0.3, -0.25) is 4.79 Å². The maximum Gasteiger partial charge on any atom is 0.316 e. The molecule has 1 atom stereocenters. The molecule has 1 aromatic rings. The van der Waals surface area contributed by atoms with Crippen LogP contribution in [0.25, 0.3) is 0 Å². The molecular formula is C10H12N2O3. The highest BCUT2D eigenvalue weighted by Gasteiger charge is 2.43. The zero-order valence-corrected chi connectivity index (χ0v) is 8.65. The van der Waals surface area contributed by atoms with Gasteiger partial charge >= 0.3 is 12.0 Å². The van der Waals surface area contributed by atoms with Gasteiger partial charge in [0.05, 0.1) is 12.8 Å². The van der Waals surface area contributed by atoms with Gasteiger partial charge in [0.2, 0.25) is 0 Å². The lowest BCUT2D eigenvalue weighted by molar-refractivity contribution is -0.143. The van der Waals surface area contributed by atoms with Crippen molar-refractivity contribution >= 4 is 5.97 Å². The quantitative estimate of drug-likeness (QED) is 0.777. The van der Waals surface area contributed by atoms with Crippen molar-refractivity contribution in [2.45, 2.75) is 25.2 Å². The highest BCUT2D eigenvalue weighted by atomic mass is 16.5. The van der Waals surface area contributed by atoms with E-state index in [1.165, 1.54) is 7.11 Å². The van der Waals surface area contributed by atoms with Crippen molar-refractivity contribution in [1.29, 1.82) is 0 Å². The smallest absolute Gasteiger partial charge is 0.316 e. The molecule has 1 N–H and O–H groups in total. The number of carboxylic acid groups (broad SMARTS) is 1. The number of hydrogen-bond acceptors (Lipinski definition) is 4. The summed E-state index contributed by atoms with van der Waals surface area (Å²) < 4.78 is 4.90. The van der Waals surface area contributed by atoms with Crippen molar-refractivity contribution in [3.8, 4) is 6.01 Å². The Morgan fingerprint density at radius 3 is 3.00 bits per heavy atom. The standard InChI is InChI=1S/C10H12N2O3/c1-10(8(13)14)4-3-6-5-11-9(15-2)12-7(6)10/h5H,3-4H2,1-2H3,(H,13,14). The molecule has 0 saturated carbocycles. The molecule has 2 rings (SSSR count). The molecule has 0 aromatic carbocycles. The van der Waals surface area contributed by atoms with E-state index in [4.69, 9.17) is 4.74 Å². The van der Waals surface area contributed by atoms with Crippen LogP contribution in [0.3, 0.4) is 0 Å². The molecule has 1 unspecified atom stereocenters. The summed E-state index contributed by atoms with van der Waals surface area (Å²) in [6.45, 7) is 1.69. The number of aryl methyl sites for hydroxylation is 1. The van der Waals surface area contributed by atoms with Crippen LogP contribution in [-0.4, -0.2) is 28.2 Å². The Hall–Kier alpha value is -1.65. The first-order chi connectivity index (χ1) is 7.08. The molecule has 1 aliphatic rings. The molecule has 80 valence electrons. The molecule has 15 heavy (non-hydrogen) atoms. The van der Waals surface area contributed by atoms with Gasteiger partial charge in [-0.05, 0) is 25.3 Å². The van der Waals surface area contributed by atoms with E-state index in [1.54, 1.807) is 13.1 Å². The van der Waals surface area contributed by atoms with E-state index in [-0.39, 0.29) is 6.01 Å². The monoisotopic (exact) mass is 208 g/mol. The van der Waals surface area contributed by atoms with Crippen LogP contribution < -0.4 is 4.74 Å². The Bertz CT molecular complexity index is 419. The second-order valence-corrected chi connectivity index (χ2v) is 3.87. The fraction of sp³-hybridized carbons (Fsp3) is 0.500. The van der Waals surface area contributed by atoms with Crippen LogP contribution in [0.1, 0.15) is 24.6 Å². The first kappa shape index (κ1) is 9.89. The zero-order valence-electron chi connectivity index (χ0n) is 8.65. The number of carboxylic acids is 1. The predicted molar refractivity (Wildman–Crippen MR) is 51.9 cm³/mol. The van der Waals surface area contributed by atoms with Crippen molar-refractivity contribution in [3.63, 3.8) is 0 Å². The number of rotatable bonds is 2. The minimum absolute atomic E-state index is 0.225. The average Bonchev–Trinajstić information content (AvgIpc) is 2.57. The molecule has 1 heterocycles. The van der Waals surface area contributed by atoms with Crippen LogP contribution in [0, 0.1) is 0 Å². The van der Waals surface area contributed by atoms with Gasteiger partial charge in [0.25, 0.3) is 0 Å². The molecule has 0 spiro atoms. The Balaban J connectivity index is 2.53. The highest BCUT2D eigenvalue weighted by Crippen LogP contribution is 2.37. The molecule has 5 nitrogen and oxygen atoms in total. The summed E-state index contributed by atoms with van der Waals surface area (Å²) in [5, 5.41) is 9.18. The van der Waals surface area contributed by atoms with E-state index in [2.05, 4.69) is 9.97 Å². The van der Waals surface area contributed by atoms with Gasteiger partial charge in [0.1, 0.15) is 5.41 Å². The van der Waals surface area contributed by atoms with E-state index in [0.29, 0.717) is 18.5 Å². The lowest BCUT2D eigenvalue weighted by Gasteiger charge is -2.18. The van der Waals surface area contributed by atoms with Gasteiger partial charge in [-0.15, -0.1) is 0 Å². The third kappa shape index (κ3) is 1.35. The second kappa shape index (κ2) is 3.18. The fourth-order valence-corrected chi connectivity index (χ4v) is 1.86. The van der Waals surface area contributed by atoms with E-state index in [0.717, 1.165) is 5.56 Å². The zero-order chi connectivity index (χ0) is 11.1. The maximum atomic E-state index is 11.2. The lowest BCUT2D eigenvalue weighted by Crippen LogP contribution is -2.30. The number of nitrogens with zero attached hydrogens (tertiary/aromatic N) is 2. The van der Waals surface area contributed by atoms with Crippen molar-refractivity contribution in [1.82, 2.24) is 9.97 Å². The van der Waals surface area contributed by atoms with E-state index in [1.807, 2.05) is 0 Å². The van der Waals surface area contributed by atoms with Gasteiger partial charge in [0.15, 0.2) is 0 Å². The number of methoxy groups -OCH3 is 1. The van der Waals surface area contributed by atoms with Crippen LogP contribution >= 0.6 is 0 Å². The maximum absolute atomic E-state index is 11.2. The third-order valence-electron chi connectivity index (χ3n) is 2.91. The second-order valence-electron chi connectivity index (χ2n) is 3.87. The van der Waals surface area contributed by atoms with Crippen LogP contribution in [0.2, 0.25) is 0 Å². The molecule has 1 aliphatic carbocycles. The fourth-order valence-electron chi connectivity index (χ4n) is 1.86. The van der Waals surface area contributed by atoms with E-state index < -0.39 is 11.4 Å². The van der Waals surface area contributed by atoms with Crippen LogP contribution in [-0.2, 0) is 16.6 Å². The lowest BCUT2D eigenvalue weighted by atomic mass is 9.88. The summed E-state index contributed by atoms with van der Waals surface area (Å²) in [7, 11) is 1.47. The summed E-state index contributed by atoms with van der Waals surface area (Å²) in [5.74, 6) is -0.845. The summed E-state index contributed by atoms with van der Waals surface area (Å²) in [6, 6.07) is 0.225. The average molecular weight is 208 g/mol.